The molecule has 0 aromatic rings. The number of nitrogens with one attached hydrogen (secondary N) is 1. The summed E-state index contributed by atoms with van der Waals surface area (Å²) in [5.74, 6) is 2.32. The highest BCUT2D eigenvalue weighted by molar-refractivity contribution is 7.94. The molecule has 0 atom stereocenters. The molecular weight excluding hydrogens is 150 g/mol. The number of rotatable bonds is 3. The van der Waals surface area contributed by atoms with Gasteiger partial charge in [0.15, 0.2) is 0 Å². The minimum atomic E-state index is -3.30. The summed E-state index contributed by atoms with van der Waals surface area (Å²) in [6, 6.07) is 0. The third kappa shape index (κ3) is 4.36. The lowest BCUT2D eigenvalue weighted by Gasteiger charge is -1.94. The predicted octanol–water partition coefficient (Wildman–Crippen LogP) is 0.297. The molecule has 1 N–H and O–H groups in total. The molecule has 0 unspecified atom stereocenters. The zero-order valence-electron chi connectivity index (χ0n) is 6.14. The van der Waals surface area contributed by atoms with Gasteiger partial charge in [-0.3, -0.25) is 0 Å². The monoisotopic (exact) mass is 161 g/mol. The van der Waals surface area contributed by atoms with E-state index >= 15 is 0 Å². The van der Waals surface area contributed by atoms with Gasteiger partial charge in [0.1, 0.15) is 0 Å². The average Bonchev–Trinajstić information content (AvgIpc) is 1.84. The molecule has 0 saturated carbocycles. The van der Waals surface area contributed by atoms with E-state index in [1.165, 1.54) is 6.92 Å². The van der Waals surface area contributed by atoms with Crippen LogP contribution in [-0.2, 0) is 10.0 Å². The van der Waals surface area contributed by atoms with Crippen molar-refractivity contribution in [3.05, 3.63) is 0 Å². The van der Waals surface area contributed by atoms with Crippen LogP contribution < -0.4 is 4.72 Å². The van der Waals surface area contributed by atoms with E-state index in [4.69, 9.17) is 0 Å². The van der Waals surface area contributed by atoms with Crippen molar-refractivity contribution in [2.24, 2.45) is 0 Å². The van der Waals surface area contributed by atoms with Crippen molar-refractivity contribution in [1.29, 1.82) is 0 Å². The fraction of sp³-hybridized carbons (Fsp3) is 0.667. The van der Waals surface area contributed by atoms with E-state index in [1.807, 2.05) is 6.92 Å². The smallest absolute Gasteiger partial charge is 0.205 e. The fourth-order valence-electron chi connectivity index (χ4n) is 0.407. The van der Waals surface area contributed by atoms with Gasteiger partial charge in [-0.05, 0) is 13.3 Å². The molecule has 0 aliphatic carbocycles. The van der Waals surface area contributed by atoms with Gasteiger partial charge in [0.2, 0.25) is 0 Å². The summed E-state index contributed by atoms with van der Waals surface area (Å²) < 4.78 is 23.7. The van der Waals surface area contributed by atoms with Gasteiger partial charge in [-0.2, -0.15) is 8.42 Å². The second-order valence-electron chi connectivity index (χ2n) is 1.75. The number of hydrogen-bond acceptors (Lipinski definition) is 2. The average molecular weight is 161 g/mol. The molecule has 3 nitrogen and oxygen atoms in total. The molecule has 0 aromatic heterocycles. The quantitative estimate of drug-likeness (QED) is 0.605. The molecule has 0 rings (SSSR count). The Morgan fingerprint density at radius 3 is 2.50 bits per heavy atom. The molecule has 0 heterocycles. The maximum atomic E-state index is 10.7. The third-order valence-electron chi connectivity index (χ3n) is 0.779. The van der Waals surface area contributed by atoms with Crippen LogP contribution in [0.25, 0.3) is 0 Å². The van der Waals surface area contributed by atoms with Gasteiger partial charge in [0, 0.05) is 11.8 Å². The van der Waals surface area contributed by atoms with Gasteiger partial charge in [-0.25, -0.2) is 4.72 Å². The van der Waals surface area contributed by atoms with Crippen molar-refractivity contribution >= 4 is 10.0 Å². The van der Waals surface area contributed by atoms with Gasteiger partial charge >= 0.3 is 0 Å². The Morgan fingerprint density at radius 2 is 2.10 bits per heavy atom. The van der Waals surface area contributed by atoms with Crippen molar-refractivity contribution < 1.29 is 8.42 Å². The van der Waals surface area contributed by atoms with Crippen molar-refractivity contribution in [3.63, 3.8) is 0 Å². The lowest BCUT2D eigenvalue weighted by molar-refractivity contribution is 0.591. The standard InChI is InChI=1S/C6H11NO2S/c1-3-5-7-10(8,9)6-4-2/h7H,3,5H2,1-2H3. The minimum Gasteiger partial charge on any atom is -0.205 e. The van der Waals surface area contributed by atoms with Crippen LogP contribution in [0.5, 0.6) is 0 Å². The molecular formula is C6H11NO2S. The van der Waals surface area contributed by atoms with E-state index < -0.39 is 10.0 Å². The molecule has 0 fully saturated rings. The van der Waals surface area contributed by atoms with Gasteiger partial charge in [0.05, 0.1) is 0 Å². The Balaban J connectivity index is 3.98. The summed E-state index contributed by atoms with van der Waals surface area (Å²) in [5.41, 5.74) is 0. The van der Waals surface area contributed by atoms with Crippen LogP contribution in [0, 0.1) is 11.2 Å². The molecule has 0 aromatic carbocycles. The first-order valence-electron chi connectivity index (χ1n) is 3.05. The Morgan fingerprint density at radius 1 is 1.50 bits per heavy atom. The summed E-state index contributed by atoms with van der Waals surface area (Å²) in [6.45, 7) is 3.84. The summed E-state index contributed by atoms with van der Waals surface area (Å²) in [4.78, 5) is 0. The van der Waals surface area contributed by atoms with Crippen molar-refractivity contribution in [3.8, 4) is 11.2 Å². The summed E-state index contributed by atoms with van der Waals surface area (Å²) >= 11 is 0. The van der Waals surface area contributed by atoms with Crippen LogP contribution in [0.1, 0.15) is 20.3 Å². The molecule has 0 saturated heterocycles. The van der Waals surface area contributed by atoms with Crippen molar-refractivity contribution in [1.82, 2.24) is 4.72 Å². The second-order valence-corrected chi connectivity index (χ2v) is 3.25. The molecule has 0 spiro atoms. The van der Waals surface area contributed by atoms with Crippen LogP contribution in [0.4, 0.5) is 0 Å². The van der Waals surface area contributed by atoms with Gasteiger partial charge in [0.25, 0.3) is 10.0 Å². The van der Waals surface area contributed by atoms with E-state index in [0.29, 0.717) is 6.54 Å². The molecule has 4 heteroatoms. The zero-order chi connectivity index (χ0) is 8.04. The molecule has 0 radical (unpaired) electrons. The molecule has 0 aliphatic heterocycles. The Hall–Kier alpha value is -0.530. The summed E-state index contributed by atoms with van der Waals surface area (Å²) in [6.07, 6.45) is 0.782. The van der Waals surface area contributed by atoms with Crippen LogP contribution in [-0.4, -0.2) is 15.0 Å². The zero-order valence-corrected chi connectivity index (χ0v) is 6.96. The van der Waals surface area contributed by atoms with Gasteiger partial charge < -0.3 is 0 Å². The van der Waals surface area contributed by atoms with E-state index in [-0.39, 0.29) is 0 Å². The first-order chi connectivity index (χ1) is 4.62. The summed E-state index contributed by atoms with van der Waals surface area (Å²) in [5, 5.41) is 2.07. The SMILES string of the molecule is CC#CS(=O)(=O)NCCC. The second kappa shape index (κ2) is 4.31. The number of sulfonamides is 1. The number of hydrogen-bond donors (Lipinski definition) is 1. The van der Waals surface area contributed by atoms with Crippen LogP contribution in [0.2, 0.25) is 0 Å². The Labute approximate surface area is 61.9 Å². The predicted molar refractivity (Wildman–Crippen MR) is 40.7 cm³/mol. The van der Waals surface area contributed by atoms with E-state index in [2.05, 4.69) is 15.9 Å². The normalized spacial score (nSPS) is 10.2. The Kier molecular flexibility index (Phi) is 4.08. The maximum absolute atomic E-state index is 10.7. The van der Waals surface area contributed by atoms with Crippen LogP contribution in [0.3, 0.4) is 0 Å². The highest BCUT2D eigenvalue weighted by Gasteiger charge is 2.00. The maximum Gasteiger partial charge on any atom is 0.280 e. The van der Waals surface area contributed by atoms with E-state index in [1.54, 1.807) is 0 Å². The van der Waals surface area contributed by atoms with Crippen LogP contribution >= 0.6 is 0 Å². The summed E-state index contributed by atoms with van der Waals surface area (Å²) in [7, 11) is -3.30. The molecule has 0 amide bonds. The molecule has 10 heavy (non-hydrogen) atoms. The fourth-order valence-corrected chi connectivity index (χ4v) is 1.22. The lowest BCUT2D eigenvalue weighted by Crippen LogP contribution is -2.22. The van der Waals surface area contributed by atoms with Gasteiger partial charge in [-0.1, -0.05) is 12.8 Å². The van der Waals surface area contributed by atoms with Crippen LogP contribution in [0.15, 0.2) is 0 Å². The molecule has 58 valence electrons. The van der Waals surface area contributed by atoms with Crippen molar-refractivity contribution in [2.45, 2.75) is 20.3 Å². The largest absolute Gasteiger partial charge is 0.280 e. The molecule has 0 aliphatic rings. The highest BCUT2D eigenvalue weighted by atomic mass is 32.2. The minimum absolute atomic E-state index is 0.455. The first kappa shape index (κ1) is 9.47. The van der Waals surface area contributed by atoms with E-state index in [0.717, 1.165) is 6.42 Å². The van der Waals surface area contributed by atoms with Crippen molar-refractivity contribution in [2.75, 3.05) is 6.54 Å². The van der Waals surface area contributed by atoms with Gasteiger partial charge in [-0.15, -0.1) is 0 Å². The highest BCUT2D eigenvalue weighted by Crippen LogP contribution is 1.79. The lowest BCUT2D eigenvalue weighted by atomic mass is 10.5. The first-order valence-corrected chi connectivity index (χ1v) is 4.54. The Bertz CT molecular complexity index is 232. The van der Waals surface area contributed by atoms with E-state index in [9.17, 15) is 8.42 Å². The topological polar surface area (TPSA) is 46.2 Å². The molecule has 0 bridgehead atoms. The third-order valence-corrected chi connectivity index (χ3v) is 1.84.